The molecule has 0 aliphatic heterocycles. The van der Waals surface area contributed by atoms with Gasteiger partial charge in [0.2, 0.25) is 10.0 Å². The van der Waals surface area contributed by atoms with Gasteiger partial charge in [0.05, 0.1) is 17.1 Å². The normalized spacial score (nSPS) is 14.2. The van der Waals surface area contributed by atoms with E-state index in [4.69, 9.17) is 9.47 Å². The van der Waals surface area contributed by atoms with Crippen molar-refractivity contribution in [3.8, 4) is 0 Å². The topological polar surface area (TPSA) is 81.7 Å². The molecular formula is C18H28FNO5S. The second kappa shape index (κ2) is 8.02. The van der Waals surface area contributed by atoms with Crippen LogP contribution in [0.15, 0.2) is 23.1 Å². The van der Waals surface area contributed by atoms with Crippen molar-refractivity contribution in [2.45, 2.75) is 70.6 Å². The van der Waals surface area contributed by atoms with Crippen molar-refractivity contribution in [3.63, 3.8) is 0 Å². The first-order valence-electron chi connectivity index (χ1n) is 8.26. The van der Waals surface area contributed by atoms with Crippen LogP contribution in [0.25, 0.3) is 0 Å². The Bertz CT molecular complexity index is 748. The molecule has 0 aliphatic carbocycles. The first-order valence-corrected chi connectivity index (χ1v) is 9.74. The van der Waals surface area contributed by atoms with Crippen LogP contribution >= 0.6 is 0 Å². The van der Waals surface area contributed by atoms with Gasteiger partial charge in [0.25, 0.3) is 0 Å². The summed E-state index contributed by atoms with van der Waals surface area (Å²) in [6.45, 7) is 11.7. The van der Waals surface area contributed by atoms with E-state index in [0.717, 1.165) is 6.07 Å². The molecule has 0 aromatic heterocycles. The average Bonchev–Trinajstić information content (AvgIpc) is 2.43. The Labute approximate surface area is 155 Å². The van der Waals surface area contributed by atoms with Gasteiger partial charge in [-0.25, -0.2) is 12.8 Å². The molecule has 0 amide bonds. The predicted octanol–water partition coefficient (Wildman–Crippen LogP) is 2.94. The summed E-state index contributed by atoms with van der Waals surface area (Å²) >= 11 is 0. The highest BCUT2D eigenvalue weighted by atomic mass is 32.2. The molecule has 26 heavy (non-hydrogen) atoms. The fourth-order valence-corrected chi connectivity index (χ4v) is 3.40. The average molecular weight is 389 g/mol. The van der Waals surface area contributed by atoms with E-state index in [-0.39, 0.29) is 11.5 Å². The summed E-state index contributed by atoms with van der Waals surface area (Å²) in [5.41, 5.74) is -1.02. The third-order valence-corrected chi connectivity index (χ3v) is 4.73. The molecule has 8 heteroatoms. The molecule has 0 heterocycles. The summed E-state index contributed by atoms with van der Waals surface area (Å²) in [5, 5.41) is 0. The van der Waals surface area contributed by atoms with Gasteiger partial charge in [-0.1, -0.05) is 6.07 Å². The number of rotatable bonds is 6. The van der Waals surface area contributed by atoms with Gasteiger partial charge in [0, 0.05) is 0 Å². The van der Waals surface area contributed by atoms with Gasteiger partial charge in [-0.2, -0.15) is 4.72 Å². The van der Waals surface area contributed by atoms with E-state index in [1.165, 1.54) is 12.1 Å². The zero-order chi connectivity index (χ0) is 20.3. The lowest BCUT2D eigenvalue weighted by Crippen LogP contribution is -2.48. The number of benzene rings is 1. The molecule has 0 aliphatic rings. The SMILES string of the molecule is Cc1ccc(F)cc1S(=O)(=O)NC(COC(C)(C)C)C(=O)OC(C)(C)C. The standard InChI is InChI=1S/C18H28FNO5S/c1-12-8-9-13(19)10-15(12)26(22,23)20-14(11-24-17(2,3)4)16(21)25-18(5,6)7/h8-10,14,20H,11H2,1-7H3. The maximum Gasteiger partial charge on any atom is 0.327 e. The minimum absolute atomic E-state index is 0.216. The van der Waals surface area contributed by atoms with Crippen molar-refractivity contribution in [2.75, 3.05) is 6.61 Å². The fraction of sp³-hybridized carbons (Fsp3) is 0.611. The smallest absolute Gasteiger partial charge is 0.327 e. The van der Waals surface area contributed by atoms with E-state index in [9.17, 15) is 17.6 Å². The molecule has 0 saturated heterocycles. The van der Waals surface area contributed by atoms with E-state index in [0.29, 0.717) is 5.56 Å². The number of esters is 1. The Balaban J connectivity index is 3.13. The second-order valence-corrected chi connectivity index (χ2v) is 9.72. The minimum Gasteiger partial charge on any atom is -0.459 e. The molecule has 1 rings (SSSR count). The molecule has 1 N–H and O–H groups in total. The molecule has 1 atom stereocenters. The number of carbonyl (C=O) groups excluding carboxylic acids is 1. The molecule has 6 nitrogen and oxygen atoms in total. The lowest BCUT2D eigenvalue weighted by molar-refractivity contribution is -0.159. The third kappa shape index (κ3) is 7.39. The maximum atomic E-state index is 13.5. The highest BCUT2D eigenvalue weighted by Gasteiger charge is 2.32. The van der Waals surface area contributed by atoms with E-state index in [2.05, 4.69) is 4.72 Å². The first kappa shape index (κ1) is 22.5. The van der Waals surface area contributed by atoms with Crippen molar-refractivity contribution in [2.24, 2.45) is 0 Å². The second-order valence-electron chi connectivity index (χ2n) is 8.04. The molecular weight excluding hydrogens is 361 g/mol. The van der Waals surface area contributed by atoms with Crippen LogP contribution in [0.5, 0.6) is 0 Å². The predicted molar refractivity (Wildman–Crippen MR) is 96.8 cm³/mol. The Morgan fingerprint density at radius 3 is 2.23 bits per heavy atom. The maximum absolute atomic E-state index is 13.5. The Morgan fingerprint density at radius 1 is 1.15 bits per heavy atom. The Kier molecular flexibility index (Phi) is 6.95. The van der Waals surface area contributed by atoms with E-state index >= 15 is 0 Å². The molecule has 0 spiro atoms. The summed E-state index contributed by atoms with van der Waals surface area (Å²) in [6, 6.07) is 2.18. The third-order valence-electron chi connectivity index (χ3n) is 3.11. The van der Waals surface area contributed by atoms with Gasteiger partial charge < -0.3 is 9.47 Å². The molecule has 0 bridgehead atoms. The highest BCUT2D eigenvalue weighted by Crippen LogP contribution is 2.18. The van der Waals surface area contributed by atoms with Crippen molar-refractivity contribution in [1.82, 2.24) is 4.72 Å². The van der Waals surface area contributed by atoms with Crippen molar-refractivity contribution in [3.05, 3.63) is 29.6 Å². The number of carbonyl (C=O) groups is 1. The quantitative estimate of drug-likeness (QED) is 0.757. The van der Waals surface area contributed by atoms with Gasteiger partial charge in [0.15, 0.2) is 0 Å². The van der Waals surface area contributed by atoms with Crippen LogP contribution in [0.3, 0.4) is 0 Å². The van der Waals surface area contributed by atoms with E-state index < -0.39 is 39.1 Å². The highest BCUT2D eigenvalue weighted by molar-refractivity contribution is 7.89. The summed E-state index contributed by atoms with van der Waals surface area (Å²) in [5.74, 6) is -1.45. The van der Waals surface area contributed by atoms with Gasteiger partial charge in [-0.15, -0.1) is 0 Å². The minimum atomic E-state index is -4.15. The van der Waals surface area contributed by atoms with Gasteiger partial charge in [-0.3, -0.25) is 4.79 Å². The number of hydrogen-bond donors (Lipinski definition) is 1. The molecule has 1 aromatic rings. The first-order chi connectivity index (χ1) is 11.6. The largest absolute Gasteiger partial charge is 0.459 e. The van der Waals surface area contributed by atoms with Crippen LogP contribution in [0.4, 0.5) is 4.39 Å². The number of halogens is 1. The number of aryl methyl sites for hydroxylation is 1. The Morgan fingerprint density at radius 2 is 1.73 bits per heavy atom. The van der Waals surface area contributed by atoms with Crippen LogP contribution in [0.1, 0.15) is 47.1 Å². The molecule has 0 saturated carbocycles. The number of sulfonamides is 1. The van der Waals surface area contributed by atoms with Crippen LogP contribution in [0, 0.1) is 12.7 Å². The van der Waals surface area contributed by atoms with Crippen LogP contribution in [-0.2, 0) is 24.3 Å². The molecule has 0 radical (unpaired) electrons. The summed E-state index contributed by atoms with van der Waals surface area (Å²) in [4.78, 5) is 12.2. The van der Waals surface area contributed by atoms with E-state index in [1.807, 2.05) is 0 Å². The molecule has 1 aromatic carbocycles. The fourth-order valence-electron chi connectivity index (χ4n) is 1.97. The number of ether oxygens (including phenoxy) is 2. The molecule has 148 valence electrons. The van der Waals surface area contributed by atoms with Crippen LogP contribution < -0.4 is 4.72 Å². The monoisotopic (exact) mass is 389 g/mol. The van der Waals surface area contributed by atoms with Crippen molar-refractivity contribution in [1.29, 1.82) is 0 Å². The van der Waals surface area contributed by atoms with Crippen molar-refractivity contribution < 1.29 is 27.1 Å². The number of hydrogen-bond acceptors (Lipinski definition) is 5. The van der Waals surface area contributed by atoms with Crippen molar-refractivity contribution >= 4 is 16.0 Å². The zero-order valence-corrected chi connectivity index (χ0v) is 17.2. The zero-order valence-electron chi connectivity index (χ0n) is 16.3. The molecule has 0 fully saturated rings. The van der Waals surface area contributed by atoms with Gasteiger partial charge in [-0.05, 0) is 66.2 Å². The molecule has 1 unspecified atom stereocenters. The van der Waals surface area contributed by atoms with Crippen LogP contribution in [-0.4, -0.2) is 38.2 Å². The lowest BCUT2D eigenvalue weighted by Gasteiger charge is -2.27. The lowest BCUT2D eigenvalue weighted by atomic mass is 10.2. The van der Waals surface area contributed by atoms with Gasteiger partial charge >= 0.3 is 5.97 Å². The Hall–Kier alpha value is -1.51. The van der Waals surface area contributed by atoms with E-state index in [1.54, 1.807) is 48.5 Å². The number of nitrogens with one attached hydrogen (secondary N) is 1. The summed E-state index contributed by atoms with van der Waals surface area (Å²) in [7, 11) is -4.15. The summed E-state index contributed by atoms with van der Waals surface area (Å²) in [6.07, 6.45) is 0. The summed E-state index contributed by atoms with van der Waals surface area (Å²) < 4.78 is 52.0. The van der Waals surface area contributed by atoms with Crippen LogP contribution in [0.2, 0.25) is 0 Å². The van der Waals surface area contributed by atoms with Gasteiger partial charge in [0.1, 0.15) is 17.5 Å².